The zero-order chi connectivity index (χ0) is 73.0. The molecule has 16 nitrogen and oxygen atoms in total. The van der Waals surface area contributed by atoms with E-state index in [0.29, 0.717) is 47.6 Å². The maximum atomic E-state index is 9.05. The Morgan fingerprint density at radius 3 is 1.11 bits per heavy atom. The quantitative estimate of drug-likeness (QED) is 0.0479. The second-order valence-corrected chi connectivity index (χ2v) is 29.5. The van der Waals surface area contributed by atoms with Crippen molar-refractivity contribution in [3.8, 4) is 67.5 Å². The van der Waals surface area contributed by atoms with Crippen LogP contribution in [0.5, 0.6) is 0 Å². The van der Waals surface area contributed by atoms with Crippen LogP contribution in [-0.4, -0.2) is 99.1 Å². The van der Waals surface area contributed by atoms with Gasteiger partial charge >= 0.3 is 14.2 Å². The summed E-state index contributed by atoms with van der Waals surface area (Å²) in [5.74, 6) is 5.00. The number of aromatic amines is 1. The van der Waals surface area contributed by atoms with Crippen LogP contribution >= 0.6 is 95.6 Å². The van der Waals surface area contributed by atoms with Gasteiger partial charge in [0.15, 0.2) is 26.9 Å². The van der Waals surface area contributed by atoms with Crippen LogP contribution in [0.1, 0.15) is 77.6 Å². The van der Waals surface area contributed by atoms with Crippen molar-refractivity contribution in [1.82, 2.24) is 59.5 Å². The van der Waals surface area contributed by atoms with E-state index in [1.54, 1.807) is 24.3 Å². The summed E-state index contributed by atoms with van der Waals surface area (Å²) < 4.78 is 9.10. The van der Waals surface area contributed by atoms with Gasteiger partial charge in [-0.15, -0.1) is 15.3 Å². The van der Waals surface area contributed by atoms with Crippen molar-refractivity contribution >= 4 is 121 Å². The molecule has 12 aromatic rings. The molecular weight excluding hydrogens is 1650 g/mol. The lowest BCUT2D eigenvalue weighted by Gasteiger charge is -2.09. The molecule has 0 saturated carbocycles. The topological polar surface area (TPSA) is 215 Å². The fraction of sp³-hybridized carbons (Fsp3) is 0.263. The Morgan fingerprint density at radius 1 is 0.360 bits per heavy atom. The highest BCUT2D eigenvalue weighted by molar-refractivity contribution is 9.11. The first kappa shape index (κ1) is 82.1. The molecule has 0 saturated heterocycles. The van der Waals surface area contributed by atoms with E-state index in [1.807, 2.05) is 83.9 Å². The van der Waals surface area contributed by atoms with Crippen LogP contribution in [-0.2, 0) is 19.6 Å². The van der Waals surface area contributed by atoms with E-state index in [1.165, 1.54) is 33.4 Å². The highest BCUT2D eigenvalue weighted by Gasteiger charge is 2.18. The molecule has 0 aliphatic heterocycles. The summed E-state index contributed by atoms with van der Waals surface area (Å²) in [6.45, 7) is 28.1. The summed E-state index contributed by atoms with van der Waals surface area (Å²) in [6.07, 6.45) is 0. The number of nitrogens with one attached hydrogen (secondary N) is 1. The predicted octanol–water partition coefficient (Wildman–Crippen LogP) is 18.4. The number of aromatic nitrogens is 12. The van der Waals surface area contributed by atoms with Crippen LogP contribution in [0.25, 0.3) is 67.5 Å². The van der Waals surface area contributed by atoms with Crippen molar-refractivity contribution in [2.24, 2.45) is 23.7 Å². The van der Waals surface area contributed by atoms with Crippen LogP contribution in [0.3, 0.4) is 0 Å². The van der Waals surface area contributed by atoms with Gasteiger partial charge in [-0.1, -0.05) is 269 Å². The largest absolute Gasteiger partial charge is 0.488 e. The maximum absolute atomic E-state index is 9.05. The van der Waals surface area contributed by atoms with Crippen molar-refractivity contribution in [3.05, 3.63) is 246 Å². The van der Waals surface area contributed by atoms with Gasteiger partial charge in [0, 0.05) is 41.7 Å². The number of aryl methyl sites for hydroxylation is 4. The lowest BCUT2D eigenvalue weighted by molar-refractivity contribution is 0.424. The molecule has 5 N–H and O–H groups in total. The lowest BCUT2D eigenvalue weighted by atomic mass is 9.79. The number of hydrogen-bond acceptors (Lipinski definition) is 12. The fourth-order valence-corrected chi connectivity index (χ4v) is 12.0. The van der Waals surface area contributed by atoms with E-state index in [0.717, 1.165) is 92.0 Å². The molecule has 0 unspecified atom stereocenters. The Morgan fingerprint density at radius 2 is 0.730 bits per heavy atom. The van der Waals surface area contributed by atoms with Gasteiger partial charge in [0.2, 0.25) is 14.2 Å². The van der Waals surface area contributed by atoms with E-state index in [4.69, 9.17) is 30.2 Å². The van der Waals surface area contributed by atoms with Crippen LogP contribution in [0.2, 0.25) is 0 Å². The molecule has 0 aliphatic rings. The van der Waals surface area contributed by atoms with Gasteiger partial charge < -0.3 is 20.1 Å². The third kappa shape index (κ3) is 28.2. The molecule has 0 amide bonds. The number of rotatable bonds is 15. The molecule has 522 valence electrons. The first-order chi connectivity index (χ1) is 47.6. The molecule has 4 aromatic heterocycles. The van der Waals surface area contributed by atoms with E-state index in [-0.39, 0.29) is 0 Å². The Hall–Kier alpha value is -6.83. The number of hydrogen-bond donors (Lipinski definition) is 5. The minimum atomic E-state index is -1.41. The smallest absolute Gasteiger partial charge is 0.423 e. The maximum Gasteiger partial charge on any atom is 0.488 e. The van der Waals surface area contributed by atoms with Crippen molar-refractivity contribution in [2.45, 2.75) is 103 Å². The first-order valence-electron chi connectivity index (χ1n) is 32.6. The number of nitrogens with zero attached hydrogens (tertiary/aromatic N) is 11. The Bertz CT molecular complexity index is 4340. The molecule has 0 aliphatic carbocycles. The SMILES string of the molecule is Brc1n[nH]c(Br)n1.CC(C)CBr.CC(C)Cn1nc(Br)nc1-c1cccc(-c2ccccc2)c1.CC(C)Cn1nc(Br)nc1Br.Cc1cc(C)cc(-c2nc(-c3cccc(-c4ccccc4)c3)n(CC(C)C)n2)c1.Cc1cc(C)cc(B(O)O)c1.OB(O)c1cccc(-c2ccccc2)c1. The molecule has 0 bridgehead atoms. The lowest BCUT2D eigenvalue weighted by Crippen LogP contribution is -2.30. The van der Waals surface area contributed by atoms with E-state index in [2.05, 4.69) is 320 Å². The van der Waals surface area contributed by atoms with Gasteiger partial charge in [0.1, 0.15) is 0 Å². The highest BCUT2D eigenvalue weighted by atomic mass is 79.9. The molecule has 24 heteroatoms. The molecule has 100 heavy (non-hydrogen) atoms. The van der Waals surface area contributed by atoms with Gasteiger partial charge in [-0.25, -0.2) is 24.0 Å². The normalized spacial score (nSPS) is 10.6. The van der Waals surface area contributed by atoms with Crippen molar-refractivity contribution < 1.29 is 20.1 Å². The standard InChI is InChI=1S/C26H27N3.C18H18BrN3.C12H11BO2.C8H11BO2.C6H9Br2N3.C4H9Br.C2HBr2N3/c1-18(2)17-29-26(27-25(28-29)24-14-19(3)13-20(4)15-24)23-12-8-11-22(16-23)21-9-6-5-7-10-21;1-13(2)12-22-17(20-18(19)21-22)16-10-6-9-15(11-16)14-7-4-3-5-8-14;14-13(15)12-8-4-7-11(9-12)10-5-2-1-3-6-10;1-6-3-7(2)5-8(4-6)9(10)11;1-4(2)3-11-6(8)9-5(7)10-11;1-4(2)3-5;3-1-5-2(4)7-6-1/h5-16,18H,17H2,1-4H3;3-11,13H,12H2,1-2H3;1-9,14-15H;3-5,10-11H,1-2H3;4H,3H2,1-2H3;4H,3H2,1-2H3;(H,5,6,7). The summed E-state index contributed by atoms with van der Waals surface area (Å²) in [7, 11) is -2.76. The Kier molecular flexibility index (Phi) is 34.4. The summed E-state index contributed by atoms with van der Waals surface area (Å²) in [6, 6.07) is 67.0. The zero-order valence-corrected chi connectivity index (χ0v) is 67.8. The van der Waals surface area contributed by atoms with E-state index >= 15 is 0 Å². The molecule has 0 fully saturated rings. The molecule has 0 atom stereocenters. The molecule has 0 spiro atoms. The number of alkyl halides is 1. The minimum Gasteiger partial charge on any atom is -0.423 e. The van der Waals surface area contributed by atoms with Gasteiger partial charge in [-0.3, -0.25) is 5.10 Å². The number of H-pyrrole nitrogens is 1. The van der Waals surface area contributed by atoms with E-state index in [9.17, 15) is 0 Å². The Balaban J connectivity index is 0.000000197. The van der Waals surface area contributed by atoms with Crippen LogP contribution in [0, 0.1) is 51.4 Å². The minimum absolute atomic E-state index is 0.486. The third-order valence-electron chi connectivity index (χ3n) is 14.0. The summed E-state index contributed by atoms with van der Waals surface area (Å²) in [5, 5.41) is 56.6. The van der Waals surface area contributed by atoms with Gasteiger partial charge in [0.25, 0.3) is 0 Å². The van der Waals surface area contributed by atoms with E-state index < -0.39 is 14.2 Å². The molecule has 8 aromatic carbocycles. The Labute approximate surface area is 640 Å². The average Bonchev–Trinajstić information content (AvgIpc) is 1.64. The second-order valence-electron chi connectivity index (χ2n) is 25.2. The zero-order valence-electron chi connectivity index (χ0n) is 58.3. The summed E-state index contributed by atoms with van der Waals surface area (Å²) in [5.41, 5.74) is 15.7. The average molecular weight is 1730 g/mol. The van der Waals surface area contributed by atoms with Crippen molar-refractivity contribution in [2.75, 3.05) is 5.33 Å². The second kappa shape index (κ2) is 41.9. The number of halogens is 6. The highest BCUT2D eigenvalue weighted by Crippen LogP contribution is 2.30. The molecule has 12 rings (SSSR count). The summed E-state index contributed by atoms with van der Waals surface area (Å²) >= 11 is 19.3. The monoisotopic (exact) mass is 1730 g/mol. The molecule has 0 radical (unpaired) electrons. The number of benzene rings is 8. The van der Waals surface area contributed by atoms with Crippen molar-refractivity contribution in [1.29, 1.82) is 0 Å². The third-order valence-corrected chi connectivity index (χ3v) is 17.3. The fourth-order valence-electron chi connectivity index (χ4n) is 9.84. The first-order valence-corrected chi connectivity index (χ1v) is 37.7. The predicted molar refractivity (Wildman–Crippen MR) is 432 cm³/mol. The van der Waals surface area contributed by atoms with Crippen LogP contribution in [0.15, 0.2) is 224 Å². The van der Waals surface area contributed by atoms with Gasteiger partial charge in [0.05, 0.1) is 0 Å². The summed E-state index contributed by atoms with van der Waals surface area (Å²) in [4.78, 5) is 17.3. The van der Waals surface area contributed by atoms with Crippen LogP contribution in [0.4, 0.5) is 0 Å². The van der Waals surface area contributed by atoms with Gasteiger partial charge in [-0.05, 0) is 200 Å². The molecular formula is C76H86B2Br6N12O4. The van der Waals surface area contributed by atoms with Crippen LogP contribution < -0.4 is 10.9 Å². The molecule has 4 heterocycles. The van der Waals surface area contributed by atoms with Crippen molar-refractivity contribution in [3.63, 3.8) is 0 Å². The van der Waals surface area contributed by atoms with Gasteiger partial charge in [-0.2, -0.15) is 15.1 Å².